The van der Waals surface area contributed by atoms with Gasteiger partial charge in [-0.2, -0.15) is 0 Å². The highest BCUT2D eigenvalue weighted by atomic mass is 35.5. The quantitative estimate of drug-likeness (QED) is 0.442. The van der Waals surface area contributed by atoms with Crippen molar-refractivity contribution in [3.05, 3.63) is 69.7 Å². The van der Waals surface area contributed by atoms with Crippen molar-refractivity contribution >= 4 is 28.9 Å². The average molecular weight is 447 g/mol. The van der Waals surface area contributed by atoms with Crippen LogP contribution in [-0.4, -0.2) is 54.2 Å². The molecule has 30 heavy (non-hydrogen) atoms. The molecule has 2 aromatic carbocycles. The van der Waals surface area contributed by atoms with Crippen LogP contribution in [0.3, 0.4) is 0 Å². The molecule has 5 nitrogen and oxygen atoms in total. The fourth-order valence-corrected chi connectivity index (χ4v) is 3.83. The van der Waals surface area contributed by atoms with Gasteiger partial charge in [-0.05, 0) is 23.8 Å². The van der Waals surface area contributed by atoms with Crippen molar-refractivity contribution in [2.75, 3.05) is 26.3 Å². The lowest BCUT2D eigenvalue weighted by molar-refractivity contribution is 0.00419. The van der Waals surface area contributed by atoms with E-state index >= 15 is 0 Å². The third kappa shape index (κ3) is 6.73. The number of benzene rings is 2. The van der Waals surface area contributed by atoms with Crippen molar-refractivity contribution in [3.8, 4) is 12.3 Å². The SMILES string of the molecule is C#CCOCC(O)CN(Cc1cccc(Cl)c1)CC1CC(c2ccccc2Cl)=NO1. The van der Waals surface area contributed by atoms with E-state index in [0.29, 0.717) is 36.1 Å². The van der Waals surface area contributed by atoms with Gasteiger partial charge in [0.2, 0.25) is 0 Å². The van der Waals surface area contributed by atoms with Crippen LogP contribution < -0.4 is 0 Å². The molecule has 0 aliphatic carbocycles. The summed E-state index contributed by atoms with van der Waals surface area (Å²) in [4.78, 5) is 7.77. The summed E-state index contributed by atoms with van der Waals surface area (Å²) in [6, 6.07) is 15.2. The van der Waals surface area contributed by atoms with E-state index in [2.05, 4.69) is 16.0 Å². The number of nitrogens with zero attached hydrogens (tertiary/aromatic N) is 2. The Labute approximate surface area is 187 Å². The van der Waals surface area contributed by atoms with Crippen molar-refractivity contribution in [1.82, 2.24) is 4.90 Å². The largest absolute Gasteiger partial charge is 0.390 e. The van der Waals surface area contributed by atoms with Crippen molar-refractivity contribution in [3.63, 3.8) is 0 Å². The van der Waals surface area contributed by atoms with Crippen LogP contribution >= 0.6 is 23.2 Å². The summed E-state index contributed by atoms with van der Waals surface area (Å²) >= 11 is 12.4. The van der Waals surface area contributed by atoms with E-state index in [9.17, 15) is 5.11 Å². The van der Waals surface area contributed by atoms with Gasteiger partial charge in [-0.3, -0.25) is 4.90 Å². The van der Waals surface area contributed by atoms with Crippen molar-refractivity contribution in [2.24, 2.45) is 5.16 Å². The van der Waals surface area contributed by atoms with Gasteiger partial charge < -0.3 is 14.7 Å². The Morgan fingerprint density at radius 3 is 2.87 bits per heavy atom. The molecule has 0 saturated carbocycles. The second-order valence-electron chi connectivity index (χ2n) is 7.15. The van der Waals surface area contributed by atoms with Gasteiger partial charge in [0.1, 0.15) is 12.7 Å². The minimum Gasteiger partial charge on any atom is -0.390 e. The number of hydrogen-bond acceptors (Lipinski definition) is 5. The molecule has 2 atom stereocenters. The predicted octanol–water partition coefficient (Wildman–Crippen LogP) is 4.00. The molecule has 1 aliphatic rings. The van der Waals surface area contributed by atoms with E-state index in [-0.39, 0.29) is 19.3 Å². The minimum atomic E-state index is -0.678. The van der Waals surface area contributed by atoms with E-state index in [1.54, 1.807) is 0 Å². The fourth-order valence-electron chi connectivity index (χ4n) is 3.37. The van der Waals surface area contributed by atoms with Crippen LogP contribution in [0.1, 0.15) is 17.5 Å². The zero-order valence-electron chi connectivity index (χ0n) is 16.5. The van der Waals surface area contributed by atoms with Crippen LogP contribution in [0.15, 0.2) is 53.7 Å². The number of aliphatic hydroxyl groups is 1. The second-order valence-corrected chi connectivity index (χ2v) is 7.99. The van der Waals surface area contributed by atoms with Gasteiger partial charge in [-0.1, -0.05) is 64.6 Å². The number of terminal acetylenes is 1. The van der Waals surface area contributed by atoms with Crippen molar-refractivity contribution in [1.29, 1.82) is 0 Å². The molecular weight excluding hydrogens is 423 g/mol. The summed E-state index contributed by atoms with van der Waals surface area (Å²) < 4.78 is 5.27. The molecule has 0 amide bonds. The summed E-state index contributed by atoms with van der Waals surface area (Å²) in [6.07, 6.45) is 5.01. The first-order valence-corrected chi connectivity index (χ1v) is 10.4. The maximum atomic E-state index is 10.4. The number of oxime groups is 1. The molecule has 0 bridgehead atoms. The Hall–Kier alpha value is -2.07. The van der Waals surface area contributed by atoms with E-state index in [1.807, 2.05) is 48.5 Å². The molecule has 1 heterocycles. The van der Waals surface area contributed by atoms with E-state index in [1.165, 1.54) is 0 Å². The molecule has 0 spiro atoms. The molecule has 2 aromatic rings. The molecule has 0 radical (unpaired) electrons. The number of halogens is 2. The highest BCUT2D eigenvalue weighted by Crippen LogP contribution is 2.24. The predicted molar refractivity (Wildman–Crippen MR) is 120 cm³/mol. The fraction of sp³-hybridized carbons (Fsp3) is 0.348. The van der Waals surface area contributed by atoms with Gasteiger partial charge in [0, 0.05) is 41.7 Å². The summed E-state index contributed by atoms with van der Waals surface area (Å²) in [5.41, 5.74) is 2.75. The molecule has 1 N–H and O–H groups in total. The molecule has 0 saturated heterocycles. The molecular formula is C23H24Cl2N2O3. The van der Waals surface area contributed by atoms with Crippen LogP contribution in [0, 0.1) is 12.3 Å². The number of ether oxygens (including phenoxy) is 1. The maximum Gasteiger partial charge on any atom is 0.145 e. The number of hydrogen-bond donors (Lipinski definition) is 1. The first kappa shape index (κ1) is 22.6. The van der Waals surface area contributed by atoms with Crippen LogP contribution in [0.2, 0.25) is 10.0 Å². The standard InChI is InChI=1S/C23H24Cl2N2O3/c1-2-10-29-16-19(28)14-27(13-17-6-5-7-18(24)11-17)15-20-12-23(26-30-20)21-8-3-4-9-22(21)25/h1,3-9,11,19-20,28H,10,12-16H2. The van der Waals surface area contributed by atoms with Crippen LogP contribution in [0.25, 0.3) is 0 Å². The van der Waals surface area contributed by atoms with Gasteiger partial charge >= 0.3 is 0 Å². The number of aliphatic hydroxyl groups excluding tert-OH is 1. The number of rotatable bonds is 10. The summed E-state index contributed by atoms with van der Waals surface area (Å²) in [5.74, 6) is 2.40. The van der Waals surface area contributed by atoms with Gasteiger partial charge in [0.05, 0.1) is 18.4 Å². The Balaban J connectivity index is 1.63. The Morgan fingerprint density at radius 1 is 1.27 bits per heavy atom. The van der Waals surface area contributed by atoms with Crippen LogP contribution in [0.5, 0.6) is 0 Å². The Morgan fingerprint density at radius 2 is 2.10 bits per heavy atom. The lowest BCUT2D eigenvalue weighted by atomic mass is 10.0. The molecule has 7 heteroatoms. The minimum absolute atomic E-state index is 0.144. The zero-order chi connectivity index (χ0) is 21.3. The highest BCUT2D eigenvalue weighted by molar-refractivity contribution is 6.34. The topological polar surface area (TPSA) is 54.3 Å². The lowest BCUT2D eigenvalue weighted by Gasteiger charge is -2.27. The molecule has 1 aliphatic heterocycles. The van der Waals surface area contributed by atoms with E-state index in [4.69, 9.17) is 39.2 Å². The monoisotopic (exact) mass is 446 g/mol. The molecule has 0 fully saturated rings. The molecule has 2 unspecified atom stereocenters. The molecule has 0 aromatic heterocycles. The third-order valence-corrected chi connectivity index (χ3v) is 5.20. The second kappa shape index (κ2) is 11.4. The van der Waals surface area contributed by atoms with Gasteiger partial charge in [-0.25, -0.2) is 0 Å². The summed E-state index contributed by atoms with van der Waals surface area (Å²) in [5, 5.41) is 15.9. The molecule has 158 valence electrons. The smallest absolute Gasteiger partial charge is 0.145 e. The normalized spacial score (nSPS) is 16.8. The Bertz CT molecular complexity index is 913. The summed E-state index contributed by atoms with van der Waals surface area (Å²) in [7, 11) is 0. The Kier molecular flexibility index (Phi) is 8.56. The van der Waals surface area contributed by atoms with Gasteiger partial charge in [0.15, 0.2) is 0 Å². The molecule has 3 rings (SSSR count). The maximum absolute atomic E-state index is 10.4. The third-order valence-electron chi connectivity index (χ3n) is 4.64. The lowest BCUT2D eigenvalue weighted by Crippen LogP contribution is -2.39. The van der Waals surface area contributed by atoms with Crippen LogP contribution in [0.4, 0.5) is 0 Å². The summed E-state index contributed by atoms with van der Waals surface area (Å²) in [6.45, 7) is 1.93. The van der Waals surface area contributed by atoms with Gasteiger partial charge in [0.25, 0.3) is 0 Å². The van der Waals surface area contributed by atoms with Crippen molar-refractivity contribution < 1.29 is 14.7 Å². The zero-order valence-corrected chi connectivity index (χ0v) is 18.0. The van der Waals surface area contributed by atoms with E-state index < -0.39 is 6.10 Å². The van der Waals surface area contributed by atoms with E-state index in [0.717, 1.165) is 16.8 Å². The average Bonchev–Trinajstić information content (AvgIpc) is 3.16. The first-order chi connectivity index (χ1) is 14.5. The van der Waals surface area contributed by atoms with Gasteiger partial charge in [-0.15, -0.1) is 6.42 Å². The van der Waals surface area contributed by atoms with Crippen molar-refractivity contribution in [2.45, 2.75) is 25.2 Å². The van der Waals surface area contributed by atoms with Crippen LogP contribution in [-0.2, 0) is 16.1 Å². The first-order valence-electron chi connectivity index (χ1n) is 9.69. The highest BCUT2D eigenvalue weighted by Gasteiger charge is 2.26.